The Morgan fingerprint density at radius 3 is 2.83 bits per heavy atom. The number of amides is 1. The number of rotatable bonds is 1. The molecule has 0 bridgehead atoms. The van der Waals surface area contributed by atoms with Crippen LogP contribution in [0.25, 0.3) is 0 Å². The number of aromatic nitrogens is 3. The summed E-state index contributed by atoms with van der Waals surface area (Å²) in [6.07, 6.45) is 3.54. The van der Waals surface area contributed by atoms with Crippen molar-refractivity contribution in [1.29, 1.82) is 0 Å². The van der Waals surface area contributed by atoms with Crippen molar-refractivity contribution in [3.63, 3.8) is 0 Å². The minimum absolute atomic E-state index is 0.0370. The van der Waals surface area contributed by atoms with Gasteiger partial charge in [0.1, 0.15) is 6.33 Å². The third-order valence-electron chi connectivity index (χ3n) is 2.01. The molecule has 12 heavy (non-hydrogen) atoms. The van der Waals surface area contributed by atoms with Gasteiger partial charge in [-0.05, 0) is 12.8 Å². The van der Waals surface area contributed by atoms with E-state index in [4.69, 9.17) is 0 Å². The summed E-state index contributed by atoms with van der Waals surface area (Å²) in [7, 11) is 0. The van der Waals surface area contributed by atoms with Crippen LogP contribution >= 0.6 is 0 Å². The summed E-state index contributed by atoms with van der Waals surface area (Å²) in [5, 5.41) is 6.19. The highest BCUT2D eigenvalue weighted by atomic mass is 16.2. The van der Waals surface area contributed by atoms with Gasteiger partial charge in [0.15, 0.2) is 0 Å². The topological polar surface area (TPSA) is 61.9 Å². The summed E-state index contributed by atoms with van der Waals surface area (Å²) < 4.78 is 0. The molecule has 1 saturated heterocycles. The third-order valence-corrected chi connectivity index (χ3v) is 2.01. The Bertz CT molecular complexity index is 263. The maximum atomic E-state index is 11.5. The monoisotopic (exact) mass is 166 g/mol. The fourth-order valence-corrected chi connectivity index (χ4v) is 1.38. The van der Waals surface area contributed by atoms with E-state index in [0.29, 0.717) is 5.82 Å². The number of carbonyl (C=O) groups is 1. The van der Waals surface area contributed by atoms with Gasteiger partial charge in [-0.1, -0.05) is 0 Å². The van der Waals surface area contributed by atoms with Crippen molar-refractivity contribution in [2.45, 2.75) is 12.8 Å². The molecule has 5 heteroatoms. The molecule has 1 amide bonds. The van der Waals surface area contributed by atoms with E-state index in [-0.39, 0.29) is 5.91 Å². The zero-order valence-electron chi connectivity index (χ0n) is 6.66. The van der Waals surface area contributed by atoms with Crippen LogP contribution in [0.3, 0.4) is 0 Å². The van der Waals surface area contributed by atoms with Gasteiger partial charge in [0, 0.05) is 13.1 Å². The van der Waals surface area contributed by atoms with Gasteiger partial charge in [0.05, 0.1) is 0 Å². The van der Waals surface area contributed by atoms with Crippen LogP contribution in [0.5, 0.6) is 0 Å². The van der Waals surface area contributed by atoms with Gasteiger partial charge in [-0.15, -0.1) is 0 Å². The highest BCUT2D eigenvalue weighted by molar-refractivity contribution is 5.90. The quantitative estimate of drug-likeness (QED) is 0.640. The second-order valence-corrected chi connectivity index (χ2v) is 2.83. The third kappa shape index (κ3) is 1.17. The first-order valence-corrected chi connectivity index (χ1v) is 4.02. The first-order chi connectivity index (χ1) is 5.88. The van der Waals surface area contributed by atoms with Crippen molar-refractivity contribution >= 4 is 5.91 Å². The maximum absolute atomic E-state index is 11.5. The fraction of sp³-hybridized carbons (Fsp3) is 0.571. The lowest BCUT2D eigenvalue weighted by Gasteiger charge is -2.11. The van der Waals surface area contributed by atoms with E-state index >= 15 is 0 Å². The Kier molecular flexibility index (Phi) is 1.77. The molecule has 0 atom stereocenters. The summed E-state index contributed by atoms with van der Waals surface area (Å²) in [6.45, 7) is 1.69. The predicted molar refractivity (Wildman–Crippen MR) is 41.5 cm³/mol. The van der Waals surface area contributed by atoms with Gasteiger partial charge >= 0.3 is 0 Å². The predicted octanol–water partition coefficient (Wildman–Crippen LogP) is 0.0407. The Morgan fingerprint density at radius 2 is 2.25 bits per heavy atom. The molecule has 1 aromatic rings. The van der Waals surface area contributed by atoms with Crippen molar-refractivity contribution in [2.75, 3.05) is 13.1 Å². The van der Waals surface area contributed by atoms with Gasteiger partial charge < -0.3 is 4.90 Å². The Labute approximate surface area is 69.8 Å². The molecule has 0 unspecified atom stereocenters. The van der Waals surface area contributed by atoms with E-state index in [0.717, 1.165) is 25.9 Å². The zero-order valence-corrected chi connectivity index (χ0v) is 6.66. The van der Waals surface area contributed by atoms with E-state index in [1.54, 1.807) is 4.90 Å². The molecule has 1 fully saturated rings. The minimum Gasteiger partial charge on any atom is -0.336 e. The molecule has 1 aromatic heterocycles. The molecular formula is C7H10N4O. The Morgan fingerprint density at radius 1 is 1.50 bits per heavy atom. The molecule has 2 heterocycles. The summed E-state index contributed by atoms with van der Waals surface area (Å²) in [6, 6.07) is 0. The van der Waals surface area contributed by atoms with Crippen LogP contribution < -0.4 is 0 Å². The molecule has 0 aliphatic carbocycles. The highest BCUT2D eigenvalue weighted by Crippen LogP contribution is 2.09. The summed E-state index contributed by atoms with van der Waals surface area (Å²) in [5.41, 5.74) is 0. The first-order valence-electron chi connectivity index (χ1n) is 4.02. The van der Waals surface area contributed by atoms with Gasteiger partial charge in [-0.25, -0.2) is 4.98 Å². The minimum atomic E-state index is -0.0370. The lowest BCUT2D eigenvalue weighted by atomic mass is 10.4. The van der Waals surface area contributed by atoms with Crippen molar-refractivity contribution in [3.8, 4) is 0 Å². The molecule has 0 spiro atoms. The van der Waals surface area contributed by atoms with Crippen molar-refractivity contribution in [1.82, 2.24) is 20.1 Å². The molecule has 1 aliphatic heterocycles. The van der Waals surface area contributed by atoms with Crippen molar-refractivity contribution < 1.29 is 4.79 Å². The number of nitrogens with zero attached hydrogens (tertiary/aromatic N) is 3. The van der Waals surface area contributed by atoms with E-state index < -0.39 is 0 Å². The normalized spacial score (nSPS) is 16.8. The van der Waals surface area contributed by atoms with Gasteiger partial charge in [0.2, 0.25) is 5.82 Å². The molecule has 0 aromatic carbocycles. The Hall–Kier alpha value is -1.39. The number of hydrogen-bond donors (Lipinski definition) is 1. The Balaban J connectivity index is 2.09. The van der Waals surface area contributed by atoms with Gasteiger partial charge in [0.25, 0.3) is 5.91 Å². The number of H-pyrrole nitrogens is 1. The molecule has 0 saturated carbocycles. The summed E-state index contributed by atoms with van der Waals surface area (Å²) in [5.74, 6) is 0.307. The first kappa shape index (κ1) is 7.27. The largest absolute Gasteiger partial charge is 0.336 e. The molecule has 5 nitrogen and oxygen atoms in total. The second kappa shape index (κ2) is 2.92. The van der Waals surface area contributed by atoms with E-state index in [1.165, 1.54) is 6.33 Å². The molecular weight excluding hydrogens is 156 g/mol. The molecule has 1 aliphatic rings. The van der Waals surface area contributed by atoms with Crippen LogP contribution in [-0.2, 0) is 0 Å². The number of nitrogens with one attached hydrogen (secondary N) is 1. The van der Waals surface area contributed by atoms with Crippen molar-refractivity contribution in [2.24, 2.45) is 0 Å². The van der Waals surface area contributed by atoms with Crippen LogP contribution in [0.4, 0.5) is 0 Å². The van der Waals surface area contributed by atoms with Crippen LogP contribution in [0.15, 0.2) is 6.33 Å². The molecule has 0 radical (unpaired) electrons. The number of carbonyl (C=O) groups excluding carboxylic acids is 1. The van der Waals surface area contributed by atoms with Crippen LogP contribution in [0.2, 0.25) is 0 Å². The van der Waals surface area contributed by atoms with Crippen LogP contribution in [0, 0.1) is 0 Å². The summed E-state index contributed by atoms with van der Waals surface area (Å²) >= 11 is 0. The lowest BCUT2D eigenvalue weighted by Crippen LogP contribution is -2.28. The summed E-state index contributed by atoms with van der Waals surface area (Å²) in [4.78, 5) is 17.1. The standard InChI is InChI=1S/C7H10N4O/c12-7(6-8-5-9-10-6)11-3-1-2-4-11/h5H,1-4H2,(H,8,9,10). The highest BCUT2D eigenvalue weighted by Gasteiger charge is 2.20. The number of aromatic amines is 1. The van der Waals surface area contributed by atoms with Crippen molar-refractivity contribution in [3.05, 3.63) is 12.2 Å². The lowest BCUT2D eigenvalue weighted by molar-refractivity contribution is 0.0781. The molecule has 2 rings (SSSR count). The average molecular weight is 166 g/mol. The van der Waals surface area contributed by atoms with Gasteiger partial charge in [-0.2, -0.15) is 5.10 Å². The SMILES string of the molecule is O=C(c1ncn[nH]1)N1CCCC1. The number of likely N-dealkylation sites (tertiary alicyclic amines) is 1. The molecule has 1 N–H and O–H groups in total. The second-order valence-electron chi connectivity index (χ2n) is 2.83. The maximum Gasteiger partial charge on any atom is 0.291 e. The smallest absolute Gasteiger partial charge is 0.291 e. The fourth-order valence-electron chi connectivity index (χ4n) is 1.38. The molecule has 64 valence electrons. The average Bonchev–Trinajstić information content (AvgIpc) is 2.77. The number of hydrogen-bond acceptors (Lipinski definition) is 3. The van der Waals surface area contributed by atoms with E-state index in [1.807, 2.05) is 0 Å². The van der Waals surface area contributed by atoms with E-state index in [9.17, 15) is 4.79 Å². The van der Waals surface area contributed by atoms with Crippen LogP contribution in [0.1, 0.15) is 23.5 Å². The zero-order chi connectivity index (χ0) is 8.39. The van der Waals surface area contributed by atoms with Gasteiger partial charge in [-0.3, -0.25) is 9.89 Å². The van der Waals surface area contributed by atoms with E-state index in [2.05, 4.69) is 15.2 Å². The van der Waals surface area contributed by atoms with Crippen LogP contribution in [-0.4, -0.2) is 39.1 Å².